The lowest BCUT2D eigenvalue weighted by molar-refractivity contribution is -0.122. The summed E-state index contributed by atoms with van der Waals surface area (Å²) >= 11 is 5.89. The number of rotatable bonds is 6. The molecule has 0 bridgehead atoms. The number of ether oxygens (including phenoxy) is 1. The van der Waals surface area contributed by atoms with Crippen LogP contribution in [0.2, 0.25) is 5.02 Å². The summed E-state index contributed by atoms with van der Waals surface area (Å²) in [4.78, 5) is 35.4. The van der Waals surface area contributed by atoms with E-state index in [2.05, 4.69) is 10.6 Å². The fourth-order valence-electron chi connectivity index (χ4n) is 2.63. The van der Waals surface area contributed by atoms with E-state index in [0.717, 1.165) is 25.7 Å². The first-order chi connectivity index (χ1) is 11.5. The van der Waals surface area contributed by atoms with E-state index in [-0.39, 0.29) is 24.2 Å². The third-order valence-electron chi connectivity index (χ3n) is 3.87. The zero-order valence-electron chi connectivity index (χ0n) is 13.6. The monoisotopic (exact) mass is 352 g/mol. The lowest BCUT2D eigenvalue weighted by Crippen LogP contribution is -2.45. The molecule has 0 atom stereocenters. The third-order valence-corrected chi connectivity index (χ3v) is 4.10. The maximum absolute atomic E-state index is 11.9. The molecule has 1 aromatic carbocycles. The third kappa shape index (κ3) is 5.23. The standard InChI is InChI=1S/C17H21ClN2O4/c1-2-14(21)13-9-11(18)7-8-15(13)24-10-16(22)20-17(23)19-12-5-3-4-6-12/h7-9,12H,2-6,10H2,1H3,(H2,19,20,22,23). The summed E-state index contributed by atoms with van der Waals surface area (Å²) < 4.78 is 5.38. The first-order valence-electron chi connectivity index (χ1n) is 8.05. The van der Waals surface area contributed by atoms with Crippen molar-refractivity contribution in [2.45, 2.75) is 45.1 Å². The highest BCUT2D eigenvalue weighted by Gasteiger charge is 2.19. The molecule has 1 fully saturated rings. The second-order valence-corrected chi connectivity index (χ2v) is 6.15. The summed E-state index contributed by atoms with van der Waals surface area (Å²) in [5.41, 5.74) is 0.327. The van der Waals surface area contributed by atoms with Gasteiger partial charge in [0.1, 0.15) is 5.75 Å². The highest BCUT2D eigenvalue weighted by atomic mass is 35.5. The Hall–Kier alpha value is -2.08. The van der Waals surface area contributed by atoms with Gasteiger partial charge in [-0.25, -0.2) is 4.79 Å². The van der Waals surface area contributed by atoms with E-state index in [1.165, 1.54) is 12.1 Å². The van der Waals surface area contributed by atoms with E-state index in [9.17, 15) is 14.4 Å². The molecule has 130 valence electrons. The summed E-state index contributed by atoms with van der Waals surface area (Å²) in [6.07, 6.45) is 4.35. The first-order valence-corrected chi connectivity index (χ1v) is 8.43. The van der Waals surface area contributed by atoms with Gasteiger partial charge in [-0.05, 0) is 31.0 Å². The summed E-state index contributed by atoms with van der Waals surface area (Å²) in [5.74, 6) is -0.431. The van der Waals surface area contributed by atoms with E-state index in [1.54, 1.807) is 13.0 Å². The molecule has 0 spiro atoms. The summed E-state index contributed by atoms with van der Waals surface area (Å²) in [6.45, 7) is 1.37. The van der Waals surface area contributed by atoms with Crippen molar-refractivity contribution < 1.29 is 19.1 Å². The fourth-order valence-corrected chi connectivity index (χ4v) is 2.81. The zero-order valence-corrected chi connectivity index (χ0v) is 14.3. The van der Waals surface area contributed by atoms with Crippen molar-refractivity contribution >= 4 is 29.3 Å². The molecule has 6 nitrogen and oxygen atoms in total. The number of benzene rings is 1. The van der Waals surface area contributed by atoms with Gasteiger partial charge in [0.2, 0.25) is 0 Å². The molecule has 7 heteroatoms. The number of halogens is 1. The smallest absolute Gasteiger partial charge is 0.321 e. The molecule has 0 heterocycles. The Balaban J connectivity index is 1.87. The predicted molar refractivity (Wildman–Crippen MR) is 90.5 cm³/mol. The predicted octanol–water partition coefficient (Wildman–Crippen LogP) is 3.08. The van der Waals surface area contributed by atoms with Crippen molar-refractivity contribution in [3.63, 3.8) is 0 Å². The molecule has 0 aliphatic heterocycles. The number of imide groups is 1. The molecule has 1 aliphatic rings. The van der Waals surface area contributed by atoms with E-state index >= 15 is 0 Å². The lowest BCUT2D eigenvalue weighted by Gasteiger charge is -2.13. The van der Waals surface area contributed by atoms with Gasteiger partial charge in [-0.2, -0.15) is 0 Å². The van der Waals surface area contributed by atoms with Gasteiger partial charge in [0.15, 0.2) is 12.4 Å². The van der Waals surface area contributed by atoms with Gasteiger partial charge in [0, 0.05) is 17.5 Å². The Bertz CT molecular complexity index is 627. The van der Waals surface area contributed by atoms with Gasteiger partial charge < -0.3 is 10.1 Å². The number of hydrogen-bond acceptors (Lipinski definition) is 4. The lowest BCUT2D eigenvalue weighted by atomic mass is 10.1. The Kier molecular flexibility index (Phi) is 6.61. The average Bonchev–Trinajstić information content (AvgIpc) is 3.05. The van der Waals surface area contributed by atoms with E-state index in [4.69, 9.17) is 16.3 Å². The second-order valence-electron chi connectivity index (χ2n) is 5.71. The topological polar surface area (TPSA) is 84.5 Å². The minimum Gasteiger partial charge on any atom is -0.483 e. The fraction of sp³-hybridized carbons (Fsp3) is 0.471. The number of ketones is 1. The van der Waals surface area contributed by atoms with Crippen LogP contribution in [0.5, 0.6) is 5.75 Å². The molecular formula is C17H21ClN2O4. The number of hydrogen-bond donors (Lipinski definition) is 2. The van der Waals surface area contributed by atoms with E-state index in [0.29, 0.717) is 17.0 Å². The summed E-state index contributed by atoms with van der Waals surface area (Å²) in [6, 6.07) is 4.23. The van der Waals surface area contributed by atoms with E-state index in [1.807, 2.05) is 0 Å². The molecule has 2 N–H and O–H groups in total. The van der Waals surface area contributed by atoms with Crippen LogP contribution in [-0.2, 0) is 4.79 Å². The van der Waals surface area contributed by atoms with Crippen LogP contribution < -0.4 is 15.4 Å². The van der Waals surface area contributed by atoms with Crippen LogP contribution in [0.3, 0.4) is 0 Å². The van der Waals surface area contributed by atoms with Crippen molar-refractivity contribution in [2.75, 3.05) is 6.61 Å². The van der Waals surface area contributed by atoms with Gasteiger partial charge in [-0.15, -0.1) is 0 Å². The maximum Gasteiger partial charge on any atom is 0.321 e. The van der Waals surface area contributed by atoms with Crippen LogP contribution in [0.25, 0.3) is 0 Å². The molecule has 0 saturated heterocycles. The molecule has 2 rings (SSSR count). The first kappa shape index (κ1) is 18.3. The Morgan fingerprint density at radius 3 is 2.62 bits per heavy atom. The van der Waals surface area contributed by atoms with Crippen LogP contribution in [0.1, 0.15) is 49.4 Å². The Morgan fingerprint density at radius 2 is 1.96 bits per heavy atom. The molecule has 1 aliphatic carbocycles. The normalized spacial score (nSPS) is 14.2. The largest absolute Gasteiger partial charge is 0.483 e. The van der Waals surface area contributed by atoms with Gasteiger partial charge in [-0.3, -0.25) is 14.9 Å². The zero-order chi connectivity index (χ0) is 17.5. The number of carbonyl (C=O) groups excluding carboxylic acids is 3. The van der Waals surface area contributed by atoms with Crippen LogP contribution in [0.15, 0.2) is 18.2 Å². The van der Waals surface area contributed by atoms with Gasteiger partial charge in [0.25, 0.3) is 5.91 Å². The molecule has 0 aromatic heterocycles. The molecule has 1 saturated carbocycles. The van der Waals surface area contributed by atoms with Gasteiger partial charge >= 0.3 is 6.03 Å². The molecule has 0 radical (unpaired) electrons. The van der Waals surface area contributed by atoms with E-state index < -0.39 is 11.9 Å². The SMILES string of the molecule is CCC(=O)c1cc(Cl)ccc1OCC(=O)NC(=O)NC1CCCC1. The molecular weight excluding hydrogens is 332 g/mol. The minimum absolute atomic E-state index is 0.128. The van der Waals surface area contributed by atoms with Crippen LogP contribution in [-0.4, -0.2) is 30.4 Å². The Labute approximate surface area is 145 Å². The number of carbonyl (C=O) groups is 3. The quantitative estimate of drug-likeness (QED) is 0.770. The van der Waals surface area contributed by atoms with Crippen LogP contribution in [0, 0.1) is 0 Å². The minimum atomic E-state index is -0.574. The maximum atomic E-state index is 11.9. The van der Waals surface area contributed by atoms with Crippen LogP contribution >= 0.6 is 11.6 Å². The Morgan fingerprint density at radius 1 is 1.25 bits per heavy atom. The van der Waals surface area contributed by atoms with Crippen molar-refractivity contribution in [3.8, 4) is 5.75 Å². The van der Waals surface area contributed by atoms with Crippen molar-refractivity contribution in [2.24, 2.45) is 0 Å². The molecule has 3 amide bonds. The summed E-state index contributed by atoms with van der Waals surface area (Å²) in [7, 11) is 0. The van der Waals surface area contributed by atoms with Gasteiger partial charge in [0.05, 0.1) is 5.56 Å². The van der Waals surface area contributed by atoms with Crippen molar-refractivity contribution in [1.29, 1.82) is 0 Å². The highest BCUT2D eigenvalue weighted by Crippen LogP contribution is 2.24. The van der Waals surface area contributed by atoms with Gasteiger partial charge in [-0.1, -0.05) is 31.4 Å². The molecule has 1 aromatic rings. The van der Waals surface area contributed by atoms with Crippen molar-refractivity contribution in [1.82, 2.24) is 10.6 Å². The molecule has 24 heavy (non-hydrogen) atoms. The van der Waals surface area contributed by atoms with Crippen LogP contribution in [0.4, 0.5) is 4.79 Å². The highest BCUT2D eigenvalue weighted by molar-refractivity contribution is 6.31. The second kappa shape index (κ2) is 8.68. The number of Topliss-reactive ketones (excluding diaryl/α,β-unsaturated/α-hetero) is 1. The molecule has 0 unspecified atom stereocenters. The number of amides is 3. The average molecular weight is 353 g/mol. The van der Waals surface area contributed by atoms with Crippen molar-refractivity contribution in [3.05, 3.63) is 28.8 Å². The number of urea groups is 1. The number of nitrogens with one attached hydrogen (secondary N) is 2. The summed E-state index contributed by atoms with van der Waals surface area (Å²) in [5, 5.41) is 5.40.